The van der Waals surface area contributed by atoms with Crippen LogP contribution in [0.25, 0.3) is 0 Å². The Morgan fingerprint density at radius 3 is 2.77 bits per heavy atom. The summed E-state index contributed by atoms with van der Waals surface area (Å²) in [5, 5.41) is 0. The zero-order chi connectivity index (χ0) is 9.26. The smallest absolute Gasteiger partial charge is 0.137 e. The largest absolute Gasteiger partial charge is 0.495 e. The van der Waals surface area contributed by atoms with Crippen LogP contribution in [0.2, 0.25) is 0 Å². The van der Waals surface area contributed by atoms with E-state index in [0.717, 1.165) is 11.4 Å². The monoisotopic (exact) mass is 178 g/mol. The summed E-state index contributed by atoms with van der Waals surface area (Å²) < 4.78 is 5.02. The van der Waals surface area contributed by atoms with Gasteiger partial charge in [0.25, 0.3) is 0 Å². The van der Waals surface area contributed by atoms with Crippen LogP contribution in [0, 0.1) is 5.92 Å². The minimum absolute atomic E-state index is 0.117. The molecule has 0 bridgehead atoms. The van der Waals surface area contributed by atoms with Gasteiger partial charge < -0.3 is 10.5 Å². The predicted molar refractivity (Wildman–Crippen MR) is 50.4 cm³/mol. The van der Waals surface area contributed by atoms with Crippen LogP contribution in [0.3, 0.4) is 0 Å². The minimum atomic E-state index is 0.117. The fraction of sp³-hybridized carbons (Fsp3) is 0.500. The second-order valence-electron chi connectivity index (χ2n) is 3.49. The second-order valence-corrected chi connectivity index (χ2v) is 3.49. The maximum atomic E-state index is 5.99. The van der Waals surface area contributed by atoms with Crippen LogP contribution in [0.5, 0.6) is 5.75 Å². The maximum absolute atomic E-state index is 5.99. The Morgan fingerprint density at radius 1 is 1.54 bits per heavy atom. The van der Waals surface area contributed by atoms with Gasteiger partial charge in [0.2, 0.25) is 0 Å². The van der Waals surface area contributed by atoms with Gasteiger partial charge in [0.1, 0.15) is 5.75 Å². The Bertz CT molecular complexity index is 279. The molecule has 1 aliphatic rings. The fourth-order valence-corrected chi connectivity index (χ4v) is 1.41. The average molecular weight is 178 g/mol. The van der Waals surface area contributed by atoms with E-state index in [1.165, 1.54) is 12.8 Å². The third kappa shape index (κ3) is 1.80. The molecular weight excluding hydrogens is 164 g/mol. The van der Waals surface area contributed by atoms with Crippen molar-refractivity contribution in [3.8, 4) is 5.75 Å². The van der Waals surface area contributed by atoms with Crippen molar-refractivity contribution in [1.82, 2.24) is 4.98 Å². The first-order chi connectivity index (χ1) is 6.31. The van der Waals surface area contributed by atoms with Gasteiger partial charge in [0.05, 0.1) is 19.0 Å². The van der Waals surface area contributed by atoms with E-state index in [1.54, 1.807) is 13.3 Å². The zero-order valence-electron chi connectivity index (χ0n) is 7.73. The van der Waals surface area contributed by atoms with Gasteiger partial charge in [-0.1, -0.05) is 0 Å². The molecule has 1 atom stereocenters. The summed E-state index contributed by atoms with van der Waals surface area (Å²) >= 11 is 0. The van der Waals surface area contributed by atoms with Crippen molar-refractivity contribution < 1.29 is 4.74 Å². The molecule has 0 amide bonds. The van der Waals surface area contributed by atoms with Crippen LogP contribution in [0.15, 0.2) is 18.3 Å². The normalized spacial score (nSPS) is 18.3. The molecule has 1 saturated carbocycles. The number of aromatic nitrogens is 1. The lowest BCUT2D eigenvalue weighted by atomic mass is 10.1. The van der Waals surface area contributed by atoms with Crippen LogP contribution >= 0.6 is 0 Å². The molecule has 0 unspecified atom stereocenters. The Morgan fingerprint density at radius 2 is 2.31 bits per heavy atom. The third-order valence-corrected chi connectivity index (χ3v) is 2.47. The zero-order valence-corrected chi connectivity index (χ0v) is 7.73. The standard InChI is InChI=1S/C10H14N2O/c1-13-8-4-5-9(12-6-8)10(11)7-2-3-7/h4-7,10H,2-3,11H2,1H3/t10-/m0/s1. The Labute approximate surface area is 77.9 Å². The summed E-state index contributed by atoms with van der Waals surface area (Å²) in [7, 11) is 1.64. The second kappa shape index (κ2) is 3.34. The van der Waals surface area contributed by atoms with E-state index in [9.17, 15) is 0 Å². The maximum Gasteiger partial charge on any atom is 0.137 e. The lowest BCUT2D eigenvalue weighted by Crippen LogP contribution is -2.13. The van der Waals surface area contributed by atoms with E-state index in [2.05, 4.69) is 4.98 Å². The van der Waals surface area contributed by atoms with Crippen molar-refractivity contribution in [3.05, 3.63) is 24.0 Å². The van der Waals surface area contributed by atoms with Gasteiger partial charge in [-0.05, 0) is 30.9 Å². The number of nitrogens with two attached hydrogens (primary N) is 1. The molecule has 1 aliphatic carbocycles. The summed E-state index contributed by atoms with van der Waals surface area (Å²) in [6, 6.07) is 3.97. The van der Waals surface area contributed by atoms with E-state index < -0.39 is 0 Å². The Balaban J connectivity index is 2.11. The molecule has 1 fully saturated rings. The quantitative estimate of drug-likeness (QED) is 0.763. The molecular formula is C10H14N2O. The Hall–Kier alpha value is -1.09. The van der Waals surface area contributed by atoms with Gasteiger partial charge in [0, 0.05) is 6.04 Å². The molecule has 0 aromatic carbocycles. The Kier molecular flexibility index (Phi) is 2.19. The predicted octanol–water partition coefficient (Wildman–Crippen LogP) is 1.50. The topological polar surface area (TPSA) is 48.1 Å². The molecule has 0 radical (unpaired) electrons. The number of pyridine rings is 1. The molecule has 1 aromatic rings. The van der Waals surface area contributed by atoms with Crippen molar-refractivity contribution in [3.63, 3.8) is 0 Å². The van der Waals surface area contributed by atoms with Gasteiger partial charge >= 0.3 is 0 Å². The van der Waals surface area contributed by atoms with Gasteiger partial charge in [-0.15, -0.1) is 0 Å². The molecule has 3 nitrogen and oxygen atoms in total. The van der Waals surface area contributed by atoms with Crippen molar-refractivity contribution >= 4 is 0 Å². The number of hydrogen-bond donors (Lipinski definition) is 1. The summed E-state index contributed by atoms with van der Waals surface area (Å²) in [4.78, 5) is 4.26. The van der Waals surface area contributed by atoms with Crippen molar-refractivity contribution in [1.29, 1.82) is 0 Å². The van der Waals surface area contributed by atoms with Crippen LogP contribution in [0.4, 0.5) is 0 Å². The van der Waals surface area contributed by atoms with E-state index >= 15 is 0 Å². The third-order valence-electron chi connectivity index (χ3n) is 2.47. The first-order valence-corrected chi connectivity index (χ1v) is 4.57. The van der Waals surface area contributed by atoms with Crippen molar-refractivity contribution in [2.24, 2.45) is 11.7 Å². The van der Waals surface area contributed by atoms with Crippen LogP contribution in [-0.4, -0.2) is 12.1 Å². The van der Waals surface area contributed by atoms with E-state index in [4.69, 9.17) is 10.5 Å². The summed E-state index contributed by atoms with van der Waals surface area (Å²) in [5.41, 5.74) is 6.96. The number of methoxy groups -OCH3 is 1. The van der Waals surface area contributed by atoms with E-state index in [0.29, 0.717) is 5.92 Å². The van der Waals surface area contributed by atoms with Crippen LogP contribution < -0.4 is 10.5 Å². The van der Waals surface area contributed by atoms with Crippen molar-refractivity contribution in [2.75, 3.05) is 7.11 Å². The lowest BCUT2D eigenvalue weighted by Gasteiger charge is -2.09. The van der Waals surface area contributed by atoms with Gasteiger partial charge in [-0.3, -0.25) is 4.98 Å². The molecule has 3 heteroatoms. The first kappa shape index (κ1) is 8.51. The minimum Gasteiger partial charge on any atom is -0.495 e. The first-order valence-electron chi connectivity index (χ1n) is 4.57. The lowest BCUT2D eigenvalue weighted by molar-refractivity contribution is 0.412. The molecule has 0 saturated heterocycles. The van der Waals surface area contributed by atoms with E-state index in [1.807, 2.05) is 12.1 Å². The van der Waals surface area contributed by atoms with Crippen LogP contribution in [0.1, 0.15) is 24.6 Å². The van der Waals surface area contributed by atoms with Crippen LogP contribution in [-0.2, 0) is 0 Å². The number of rotatable bonds is 3. The molecule has 2 N–H and O–H groups in total. The molecule has 2 rings (SSSR count). The summed E-state index contributed by atoms with van der Waals surface area (Å²) in [6.07, 6.45) is 4.21. The molecule has 0 aliphatic heterocycles. The highest BCUT2D eigenvalue weighted by atomic mass is 16.5. The highest BCUT2D eigenvalue weighted by Crippen LogP contribution is 2.38. The summed E-state index contributed by atoms with van der Waals surface area (Å²) in [6.45, 7) is 0. The molecule has 1 heterocycles. The molecule has 1 aromatic heterocycles. The average Bonchev–Trinajstić information content (AvgIpc) is 3.00. The molecule has 0 spiro atoms. The summed E-state index contributed by atoms with van der Waals surface area (Å²) in [5.74, 6) is 1.44. The van der Waals surface area contributed by atoms with Gasteiger partial charge in [-0.2, -0.15) is 0 Å². The number of nitrogens with zero attached hydrogens (tertiary/aromatic N) is 1. The number of hydrogen-bond acceptors (Lipinski definition) is 3. The fourth-order valence-electron chi connectivity index (χ4n) is 1.41. The molecule has 70 valence electrons. The highest BCUT2D eigenvalue weighted by Gasteiger charge is 2.30. The van der Waals surface area contributed by atoms with Crippen molar-refractivity contribution in [2.45, 2.75) is 18.9 Å². The number of ether oxygens (including phenoxy) is 1. The molecule has 13 heavy (non-hydrogen) atoms. The SMILES string of the molecule is COc1ccc([C@@H](N)C2CC2)nc1. The van der Waals surface area contributed by atoms with Gasteiger partial charge in [0.15, 0.2) is 0 Å². The highest BCUT2D eigenvalue weighted by molar-refractivity contribution is 5.22. The van der Waals surface area contributed by atoms with E-state index in [-0.39, 0.29) is 6.04 Å². The van der Waals surface area contributed by atoms with Gasteiger partial charge in [-0.25, -0.2) is 0 Å².